The van der Waals surface area contributed by atoms with Crippen molar-refractivity contribution in [3.8, 4) is 0 Å². The van der Waals surface area contributed by atoms with Gasteiger partial charge in [0, 0.05) is 19.0 Å². The lowest BCUT2D eigenvalue weighted by Gasteiger charge is -2.34. The summed E-state index contributed by atoms with van der Waals surface area (Å²) in [6.45, 7) is 1.15. The number of aromatic nitrogens is 2. The van der Waals surface area contributed by atoms with Crippen molar-refractivity contribution in [3.05, 3.63) is 60.4 Å². The van der Waals surface area contributed by atoms with Gasteiger partial charge in [0.05, 0.1) is 15.9 Å². The lowest BCUT2D eigenvalue weighted by atomic mass is 9.96. The molecule has 2 aromatic carbocycles. The van der Waals surface area contributed by atoms with Crippen LogP contribution in [-0.2, 0) is 14.8 Å². The number of hydrogen-bond acceptors (Lipinski definition) is 5. The molecule has 2 heterocycles. The summed E-state index contributed by atoms with van der Waals surface area (Å²) in [5.74, 6) is 1.51. The summed E-state index contributed by atoms with van der Waals surface area (Å²) >= 11 is 1.60. The smallest absolute Gasteiger partial charge is 0.241 e. The molecule has 32 heavy (non-hydrogen) atoms. The normalized spacial score (nSPS) is 18.0. The lowest BCUT2D eigenvalue weighted by Crippen LogP contribution is -2.51. The van der Waals surface area contributed by atoms with Gasteiger partial charge < -0.3 is 9.88 Å². The molecular weight excluding hydrogens is 444 g/mol. The number of imidazole rings is 1. The van der Waals surface area contributed by atoms with E-state index < -0.39 is 16.1 Å². The van der Waals surface area contributed by atoms with Crippen LogP contribution >= 0.6 is 11.8 Å². The fourth-order valence-corrected chi connectivity index (χ4v) is 5.83. The molecule has 2 atom stereocenters. The van der Waals surface area contributed by atoms with E-state index in [1.165, 1.54) is 12.1 Å². The van der Waals surface area contributed by atoms with Crippen molar-refractivity contribution < 1.29 is 13.2 Å². The number of likely N-dealkylation sites (tertiary alicyclic amines) is 1. The SMILES string of the molecule is CSCC[C@@H](NS(=O)(=O)c1ccccc1)C(=O)N1CCC[C@@H](c2nc3ccccc3[nH]2)C1. The van der Waals surface area contributed by atoms with E-state index >= 15 is 0 Å². The molecule has 0 unspecified atom stereocenters. The molecule has 0 spiro atoms. The van der Waals surface area contributed by atoms with E-state index in [0.717, 1.165) is 29.7 Å². The molecule has 1 aliphatic rings. The molecule has 0 aliphatic carbocycles. The zero-order valence-electron chi connectivity index (χ0n) is 18.0. The largest absolute Gasteiger partial charge is 0.342 e. The predicted octanol–water partition coefficient (Wildman–Crippen LogP) is 3.37. The van der Waals surface area contributed by atoms with Crippen molar-refractivity contribution in [1.29, 1.82) is 0 Å². The summed E-state index contributed by atoms with van der Waals surface area (Å²) in [5.41, 5.74) is 1.90. The van der Waals surface area contributed by atoms with Gasteiger partial charge in [0.25, 0.3) is 0 Å². The van der Waals surface area contributed by atoms with Crippen molar-refractivity contribution in [2.45, 2.75) is 36.1 Å². The Labute approximate surface area is 193 Å². The van der Waals surface area contributed by atoms with Gasteiger partial charge in [0.1, 0.15) is 11.9 Å². The highest BCUT2D eigenvalue weighted by atomic mass is 32.2. The van der Waals surface area contributed by atoms with Crippen LogP contribution < -0.4 is 4.72 Å². The average Bonchev–Trinajstić information content (AvgIpc) is 3.26. The van der Waals surface area contributed by atoms with Crippen molar-refractivity contribution >= 4 is 38.7 Å². The second-order valence-electron chi connectivity index (χ2n) is 8.03. The first-order chi connectivity index (χ1) is 15.5. The maximum absolute atomic E-state index is 13.4. The van der Waals surface area contributed by atoms with Gasteiger partial charge in [0.15, 0.2) is 0 Å². The third-order valence-electron chi connectivity index (χ3n) is 5.79. The summed E-state index contributed by atoms with van der Waals surface area (Å²) < 4.78 is 28.4. The van der Waals surface area contributed by atoms with Gasteiger partial charge in [-0.2, -0.15) is 16.5 Å². The van der Waals surface area contributed by atoms with Gasteiger partial charge in [-0.15, -0.1) is 0 Å². The number of carbonyl (C=O) groups is 1. The summed E-state index contributed by atoms with van der Waals surface area (Å²) in [4.78, 5) is 23.5. The molecule has 4 rings (SSSR count). The Morgan fingerprint density at radius 2 is 1.97 bits per heavy atom. The number of nitrogens with zero attached hydrogens (tertiary/aromatic N) is 2. The van der Waals surface area contributed by atoms with Crippen molar-refractivity contribution in [1.82, 2.24) is 19.6 Å². The highest BCUT2D eigenvalue weighted by molar-refractivity contribution is 7.98. The number of nitrogens with one attached hydrogen (secondary N) is 2. The predicted molar refractivity (Wildman–Crippen MR) is 128 cm³/mol. The van der Waals surface area contributed by atoms with E-state index in [-0.39, 0.29) is 16.7 Å². The molecule has 7 nitrogen and oxygen atoms in total. The summed E-state index contributed by atoms with van der Waals surface area (Å²) in [6, 6.07) is 15.3. The first-order valence-corrected chi connectivity index (χ1v) is 13.7. The number of hydrogen-bond donors (Lipinski definition) is 2. The quantitative estimate of drug-likeness (QED) is 0.524. The van der Waals surface area contributed by atoms with E-state index in [1.807, 2.05) is 30.5 Å². The Bertz CT molecular complexity index is 1130. The zero-order valence-corrected chi connectivity index (χ0v) is 19.7. The minimum Gasteiger partial charge on any atom is -0.342 e. The average molecular weight is 473 g/mol. The van der Waals surface area contributed by atoms with E-state index in [2.05, 4.69) is 9.71 Å². The molecule has 0 radical (unpaired) electrons. The lowest BCUT2D eigenvalue weighted by molar-refractivity contribution is -0.134. The molecule has 1 saturated heterocycles. The molecule has 1 fully saturated rings. The summed E-state index contributed by atoms with van der Waals surface area (Å²) in [6.07, 6.45) is 4.19. The van der Waals surface area contributed by atoms with Crippen LogP contribution in [0.3, 0.4) is 0 Å². The number of piperidine rings is 1. The molecule has 0 saturated carbocycles. The topological polar surface area (TPSA) is 95.2 Å². The van der Waals surface area contributed by atoms with Gasteiger partial charge in [-0.1, -0.05) is 30.3 Å². The third kappa shape index (κ3) is 5.16. The Balaban J connectivity index is 1.51. The number of thioether (sulfide) groups is 1. The standard InChI is InChI=1S/C23H28N4O3S2/c1-31-15-13-21(26-32(29,30)18-9-3-2-4-10-18)23(28)27-14-7-8-17(16-27)22-24-19-11-5-6-12-20(19)25-22/h2-6,9-12,17,21,26H,7-8,13-16H2,1H3,(H,24,25)/t17-,21-/m1/s1. The number of fused-ring (bicyclic) bond motifs is 1. The maximum atomic E-state index is 13.4. The summed E-state index contributed by atoms with van der Waals surface area (Å²) in [7, 11) is -3.78. The van der Waals surface area contributed by atoms with Gasteiger partial charge in [-0.25, -0.2) is 13.4 Å². The van der Waals surface area contributed by atoms with Crippen LogP contribution in [0.4, 0.5) is 0 Å². The fraction of sp³-hybridized carbons (Fsp3) is 0.391. The molecular formula is C23H28N4O3S2. The monoisotopic (exact) mass is 472 g/mol. The van der Waals surface area contributed by atoms with Crippen molar-refractivity contribution in [2.24, 2.45) is 0 Å². The highest BCUT2D eigenvalue weighted by Crippen LogP contribution is 2.27. The van der Waals surface area contributed by atoms with Crippen LogP contribution in [0.5, 0.6) is 0 Å². The molecule has 2 N–H and O–H groups in total. The van der Waals surface area contributed by atoms with Crippen LogP contribution in [0.2, 0.25) is 0 Å². The first-order valence-electron chi connectivity index (χ1n) is 10.8. The number of amides is 1. The fourth-order valence-electron chi connectivity index (χ4n) is 4.11. The molecule has 0 bridgehead atoms. The van der Waals surface area contributed by atoms with Crippen LogP contribution in [0.1, 0.15) is 31.0 Å². The molecule has 170 valence electrons. The minimum absolute atomic E-state index is 0.104. The molecule has 1 amide bonds. The van der Waals surface area contributed by atoms with E-state index in [4.69, 9.17) is 4.98 Å². The number of H-pyrrole nitrogens is 1. The number of carbonyl (C=O) groups excluding carboxylic acids is 1. The van der Waals surface area contributed by atoms with E-state index in [9.17, 15) is 13.2 Å². The van der Waals surface area contributed by atoms with Crippen LogP contribution in [-0.4, -0.2) is 60.3 Å². The Morgan fingerprint density at radius 1 is 1.22 bits per heavy atom. The first kappa shape index (κ1) is 22.8. The Morgan fingerprint density at radius 3 is 2.72 bits per heavy atom. The zero-order chi connectivity index (χ0) is 22.6. The second-order valence-corrected chi connectivity index (χ2v) is 10.7. The van der Waals surface area contributed by atoms with Gasteiger partial charge in [0.2, 0.25) is 15.9 Å². The Kier molecular flexibility index (Phi) is 7.17. The number of rotatable bonds is 8. The van der Waals surface area contributed by atoms with Crippen LogP contribution in [0.25, 0.3) is 11.0 Å². The van der Waals surface area contributed by atoms with Gasteiger partial charge in [-0.05, 0) is 55.5 Å². The van der Waals surface area contributed by atoms with Crippen LogP contribution in [0.15, 0.2) is 59.5 Å². The highest BCUT2D eigenvalue weighted by Gasteiger charge is 2.33. The third-order valence-corrected chi connectivity index (χ3v) is 7.92. The van der Waals surface area contributed by atoms with Crippen LogP contribution in [0, 0.1) is 0 Å². The summed E-state index contributed by atoms with van der Waals surface area (Å²) in [5, 5.41) is 0. The van der Waals surface area contributed by atoms with Gasteiger partial charge >= 0.3 is 0 Å². The second kappa shape index (κ2) is 10.1. The van der Waals surface area contributed by atoms with Crippen molar-refractivity contribution in [2.75, 3.05) is 25.1 Å². The minimum atomic E-state index is -3.78. The maximum Gasteiger partial charge on any atom is 0.241 e. The molecule has 1 aromatic heterocycles. The Hall–Kier alpha value is -2.36. The number of benzene rings is 2. The number of aromatic amines is 1. The van der Waals surface area contributed by atoms with E-state index in [0.29, 0.717) is 25.3 Å². The number of para-hydroxylation sites is 2. The molecule has 9 heteroatoms. The van der Waals surface area contributed by atoms with Crippen molar-refractivity contribution in [3.63, 3.8) is 0 Å². The number of sulfonamides is 1. The van der Waals surface area contributed by atoms with Gasteiger partial charge in [-0.3, -0.25) is 4.79 Å². The molecule has 3 aromatic rings. The molecule has 1 aliphatic heterocycles. The van der Waals surface area contributed by atoms with E-state index in [1.54, 1.807) is 34.9 Å².